The summed E-state index contributed by atoms with van der Waals surface area (Å²) in [6.45, 7) is 6.52. The van der Waals surface area contributed by atoms with Crippen molar-refractivity contribution in [2.75, 3.05) is 0 Å². The van der Waals surface area contributed by atoms with Gasteiger partial charge in [-0.05, 0) is 0 Å². The molecule has 0 aliphatic heterocycles. The van der Waals surface area contributed by atoms with Crippen LogP contribution in [0, 0.1) is 17.9 Å². The van der Waals surface area contributed by atoms with Gasteiger partial charge in [0.25, 0.3) is 4.95 Å². The van der Waals surface area contributed by atoms with Gasteiger partial charge in [0.1, 0.15) is 4.83 Å². The topological polar surface area (TPSA) is 28.1 Å². The molecule has 0 aromatic heterocycles. The molecule has 0 heterocycles. The maximum absolute atomic E-state index is 8.26. The number of nitrogens with zero attached hydrogens (tertiary/aromatic N) is 2. The highest BCUT2D eigenvalue weighted by Gasteiger charge is 2.12. The normalized spacial score (nSPS) is 15.1. The predicted octanol–water partition coefficient (Wildman–Crippen LogP) is 2.30. The molecule has 0 aromatic rings. The van der Waals surface area contributed by atoms with Crippen LogP contribution in [-0.2, 0) is 0 Å². The molecule has 2 nitrogen and oxygen atoms in total. The van der Waals surface area contributed by atoms with E-state index < -0.39 is 0 Å². The fourth-order valence-corrected chi connectivity index (χ4v) is 1.51. The lowest BCUT2D eigenvalue weighted by Gasteiger charge is -1.94. The van der Waals surface area contributed by atoms with Gasteiger partial charge in [-0.15, -0.1) is 0 Å². The van der Waals surface area contributed by atoms with Gasteiger partial charge in [-0.1, -0.05) is 15.9 Å². The fourth-order valence-electron chi connectivity index (χ4n) is 0.276. The lowest BCUT2D eigenvalue weighted by atomic mass is 10.3. The summed E-state index contributed by atoms with van der Waals surface area (Å²) in [5, 5.41) is 8.26. The maximum Gasteiger partial charge on any atom is 0.278 e. The summed E-state index contributed by atoms with van der Waals surface area (Å²) in [6, 6.07) is 1.97. The summed E-state index contributed by atoms with van der Waals surface area (Å²) < 4.78 is 0. The number of halogens is 2. The zero-order valence-corrected chi connectivity index (χ0v) is 7.68. The van der Waals surface area contributed by atoms with Crippen molar-refractivity contribution in [3.8, 4) is 6.07 Å². The lowest BCUT2D eigenvalue weighted by molar-refractivity contribution is 0.925. The van der Waals surface area contributed by atoms with E-state index in [4.69, 9.17) is 11.8 Å². The van der Waals surface area contributed by atoms with Gasteiger partial charge in [0.15, 0.2) is 0 Å². The van der Waals surface area contributed by atoms with Crippen LogP contribution in [0.15, 0.2) is 0 Å². The minimum absolute atomic E-state index is 0.212. The van der Waals surface area contributed by atoms with Gasteiger partial charge in [-0.25, -0.2) is 6.57 Å². The Bertz CT molecular complexity index is 137. The van der Waals surface area contributed by atoms with E-state index in [1.165, 1.54) is 0 Å². The first-order valence-corrected chi connectivity index (χ1v) is 4.08. The standard InChI is InChI=1S/C5H4Br2N2/c1-9-5(7)2-4(6)3-8/h4-5H,2H2. The number of hydrogen-bond acceptors (Lipinski definition) is 1. The van der Waals surface area contributed by atoms with E-state index in [2.05, 4.69) is 36.7 Å². The summed E-state index contributed by atoms with van der Waals surface area (Å²) in [6.07, 6.45) is 0.528. The quantitative estimate of drug-likeness (QED) is 0.421. The molecule has 0 spiro atoms. The van der Waals surface area contributed by atoms with Crippen LogP contribution >= 0.6 is 31.9 Å². The van der Waals surface area contributed by atoms with E-state index in [9.17, 15) is 0 Å². The van der Waals surface area contributed by atoms with E-state index in [0.717, 1.165) is 0 Å². The van der Waals surface area contributed by atoms with Crippen LogP contribution in [0.1, 0.15) is 6.42 Å². The molecule has 2 atom stereocenters. The second-order valence-corrected chi connectivity index (χ2v) is 3.56. The second kappa shape index (κ2) is 4.78. The lowest BCUT2D eigenvalue weighted by Crippen LogP contribution is -2.00. The summed E-state index contributed by atoms with van der Waals surface area (Å²) in [4.78, 5) is 2.72. The summed E-state index contributed by atoms with van der Waals surface area (Å²) in [5.41, 5.74) is 0. The highest BCUT2D eigenvalue weighted by atomic mass is 79.9. The van der Waals surface area contributed by atoms with E-state index in [1.807, 2.05) is 6.07 Å². The monoisotopic (exact) mass is 250 g/mol. The maximum atomic E-state index is 8.26. The minimum Gasteiger partial charge on any atom is -0.301 e. The molecule has 0 bridgehead atoms. The first kappa shape index (κ1) is 8.94. The third-order valence-corrected chi connectivity index (χ3v) is 1.84. The Morgan fingerprint density at radius 1 is 1.67 bits per heavy atom. The van der Waals surface area contributed by atoms with Crippen molar-refractivity contribution in [2.24, 2.45) is 0 Å². The molecular weight excluding hydrogens is 248 g/mol. The van der Waals surface area contributed by atoms with Gasteiger partial charge in [0, 0.05) is 15.9 Å². The molecule has 4 heteroatoms. The third kappa shape index (κ3) is 4.44. The molecule has 0 fully saturated rings. The van der Waals surface area contributed by atoms with Crippen LogP contribution in [0.2, 0.25) is 0 Å². The van der Waals surface area contributed by atoms with Crippen molar-refractivity contribution in [3.63, 3.8) is 0 Å². The summed E-state index contributed by atoms with van der Waals surface area (Å²) >= 11 is 6.17. The Kier molecular flexibility index (Phi) is 4.75. The third-order valence-electron chi connectivity index (χ3n) is 0.682. The van der Waals surface area contributed by atoms with Gasteiger partial charge < -0.3 is 4.85 Å². The van der Waals surface area contributed by atoms with E-state index in [0.29, 0.717) is 6.42 Å². The molecular formula is C5H4Br2N2. The Labute approximate surface area is 70.9 Å². The SMILES string of the molecule is [C-]#[N+]C(Br)CC(Br)C#N. The molecule has 0 saturated carbocycles. The minimum atomic E-state index is -0.235. The number of alkyl halides is 2. The fraction of sp³-hybridized carbons (Fsp3) is 0.600. The van der Waals surface area contributed by atoms with Crippen molar-refractivity contribution in [2.45, 2.75) is 16.2 Å². The predicted molar refractivity (Wildman–Crippen MR) is 42.3 cm³/mol. The van der Waals surface area contributed by atoms with Crippen LogP contribution in [0.5, 0.6) is 0 Å². The summed E-state index contributed by atoms with van der Waals surface area (Å²) in [7, 11) is 0. The van der Waals surface area contributed by atoms with Crippen molar-refractivity contribution in [1.29, 1.82) is 5.26 Å². The molecule has 48 valence electrons. The Balaban J connectivity index is 3.53. The largest absolute Gasteiger partial charge is 0.301 e. The van der Waals surface area contributed by atoms with Gasteiger partial charge in [-0.2, -0.15) is 5.26 Å². The van der Waals surface area contributed by atoms with Crippen LogP contribution in [0.25, 0.3) is 4.85 Å². The first-order chi connectivity index (χ1) is 4.20. The van der Waals surface area contributed by atoms with E-state index in [-0.39, 0.29) is 9.78 Å². The molecule has 0 rings (SSSR count). The van der Waals surface area contributed by atoms with E-state index >= 15 is 0 Å². The number of rotatable bonds is 2. The van der Waals surface area contributed by atoms with Gasteiger partial charge in [-0.3, -0.25) is 0 Å². The average molecular weight is 252 g/mol. The second-order valence-electron chi connectivity index (χ2n) is 1.40. The van der Waals surface area contributed by atoms with Crippen LogP contribution < -0.4 is 0 Å². The average Bonchev–Trinajstić information content (AvgIpc) is 1.87. The molecule has 0 saturated heterocycles. The molecule has 0 radical (unpaired) electrons. The van der Waals surface area contributed by atoms with Crippen LogP contribution in [0.3, 0.4) is 0 Å². The van der Waals surface area contributed by atoms with Crippen LogP contribution in [-0.4, -0.2) is 9.78 Å². The zero-order valence-electron chi connectivity index (χ0n) is 4.51. The molecule has 0 aliphatic carbocycles. The van der Waals surface area contributed by atoms with E-state index in [1.54, 1.807) is 0 Å². The van der Waals surface area contributed by atoms with Gasteiger partial charge >= 0.3 is 0 Å². The number of hydrogen-bond donors (Lipinski definition) is 0. The van der Waals surface area contributed by atoms with Crippen molar-refractivity contribution in [3.05, 3.63) is 11.4 Å². The molecule has 0 aromatic carbocycles. The highest BCUT2D eigenvalue weighted by molar-refractivity contribution is 9.10. The Morgan fingerprint density at radius 3 is 2.56 bits per heavy atom. The van der Waals surface area contributed by atoms with Crippen molar-refractivity contribution < 1.29 is 0 Å². The van der Waals surface area contributed by atoms with Crippen LogP contribution in [0.4, 0.5) is 0 Å². The smallest absolute Gasteiger partial charge is 0.278 e. The van der Waals surface area contributed by atoms with Crippen molar-refractivity contribution >= 4 is 31.9 Å². The molecule has 0 amide bonds. The van der Waals surface area contributed by atoms with Crippen molar-refractivity contribution in [1.82, 2.24) is 0 Å². The first-order valence-electron chi connectivity index (χ1n) is 2.25. The highest BCUT2D eigenvalue weighted by Crippen LogP contribution is 2.14. The zero-order chi connectivity index (χ0) is 7.28. The molecule has 2 unspecified atom stereocenters. The van der Waals surface area contributed by atoms with Gasteiger partial charge in [0.05, 0.1) is 12.5 Å². The Morgan fingerprint density at radius 2 is 2.22 bits per heavy atom. The molecule has 0 N–H and O–H groups in total. The molecule has 9 heavy (non-hydrogen) atoms. The molecule has 0 aliphatic rings. The Hall–Kier alpha value is -0.0600. The number of nitriles is 1. The summed E-state index contributed by atoms with van der Waals surface area (Å²) in [5.74, 6) is 0. The van der Waals surface area contributed by atoms with Gasteiger partial charge in [0.2, 0.25) is 0 Å².